The monoisotopic (exact) mass is 281 g/mol. The molecule has 1 aromatic rings. The molecule has 1 aromatic heterocycles. The molecule has 1 fully saturated rings. The van der Waals surface area contributed by atoms with Crippen molar-refractivity contribution < 1.29 is 9.26 Å². The summed E-state index contributed by atoms with van der Waals surface area (Å²) < 4.78 is 11.4. The predicted octanol–water partition coefficient (Wildman–Crippen LogP) is 2.66. The molecule has 1 aliphatic rings. The van der Waals surface area contributed by atoms with Gasteiger partial charge in [0.2, 0.25) is 11.7 Å². The lowest BCUT2D eigenvalue weighted by Gasteiger charge is -2.36. The van der Waals surface area contributed by atoms with Gasteiger partial charge in [-0.25, -0.2) is 0 Å². The molecule has 114 valence electrons. The summed E-state index contributed by atoms with van der Waals surface area (Å²) in [6, 6.07) is 0. The van der Waals surface area contributed by atoms with Gasteiger partial charge in [-0.15, -0.1) is 0 Å². The molecule has 20 heavy (non-hydrogen) atoms. The van der Waals surface area contributed by atoms with Crippen molar-refractivity contribution in [3.8, 4) is 0 Å². The third kappa shape index (κ3) is 3.58. The fourth-order valence-corrected chi connectivity index (χ4v) is 2.85. The van der Waals surface area contributed by atoms with Crippen molar-refractivity contribution in [2.75, 3.05) is 19.7 Å². The first-order chi connectivity index (χ1) is 9.70. The van der Waals surface area contributed by atoms with Gasteiger partial charge in [0.25, 0.3) is 0 Å². The van der Waals surface area contributed by atoms with Crippen molar-refractivity contribution in [3.63, 3.8) is 0 Å². The SMILES string of the molecule is CCNCCc1nc(C2(OCC)CCC(C)CC2)no1. The molecule has 0 unspecified atom stereocenters. The number of ether oxygens (including phenoxy) is 1. The number of hydrogen-bond acceptors (Lipinski definition) is 5. The van der Waals surface area contributed by atoms with E-state index in [4.69, 9.17) is 9.26 Å². The Hall–Kier alpha value is -0.940. The number of aromatic nitrogens is 2. The van der Waals surface area contributed by atoms with Crippen LogP contribution in [0.25, 0.3) is 0 Å². The second-order valence-electron chi connectivity index (χ2n) is 5.73. The van der Waals surface area contributed by atoms with Crippen LogP contribution in [0.5, 0.6) is 0 Å². The smallest absolute Gasteiger partial charge is 0.228 e. The summed E-state index contributed by atoms with van der Waals surface area (Å²) in [5.41, 5.74) is -0.318. The van der Waals surface area contributed by atoms with Crippen molar-refractivity contribution in [2.24, 2.45) is 5.92 Å². The van der Waals surface area contributed by atoms with Gasteiger partial charge in [0.1, 0.15) is 5.60 Å². The van der Waals surface area contributed by atoms with Gasteiger partial charge >= 0.3 is 0 Å². The van der Waals surface area contributed by atoms with Crippen LogP contribution in [-0.2, 0) is 16.8 Å². The van der Waals surface area contributed by atoms with E-state index in [1.165, 1.54) is 12.8 Å². The van der Waals surface area contributed by atoms with Gasteiger partial charge in [0, 0.05) is 19.6 Å². The fourth-order valence-electron chi connectivity index (χ4n) is 2.85. The highest BCUT2D eigenvalue weighted by atomic mass is 16.5. The lowest BCUT2D eigenvalue weighted by molar-refractivity contribution is -0.0847. The van der Waals surface area contributed by atoms with E-state index in [1.807, 2.05) is 6.92 Å². The molecule has 5 heteroatoms. The molecular formula is C15H27N3O2. The third-order valence-electron chi connectivity index (χ3n) is 4.14. The van der Waals surface area contributed by atoms with Gasteiger partial charge in [-0.05, 0) is 45.1 Å². The average Bonchev–Trinajstić information content (AvgIpc) is 2.92. The molecule has 2 rings (SSSR count). The Balaban J connectivity index is 2.05. The Morgan fingerprint density at radius 1 is 1.35 bits per heavy atom. The van der Waals surface area contributed by atoms with Gasteiger partial charge in [0.15, 0.2) is 0 Å². The topological polar surface area (TPSA) is 60.2 Å². The minimum Gasteiger partial charge on any atom is -0.367 e. The highest BCUT2D eigenvalue weighted by molar-refractivity contribution is 5.04. The molecule has 1 saturated carbocycles. The minimum absolute atomic E-state index is 0.318. The summed E-state index contributed by atoms with van der Waals surface area (Å²) in [6.07, 6.45) is 5.10. The highest BCUT2D eigenvalue weighted by Crippen LogP contribution is 2.41. The Morgan fingerprint density at radius 2 is 2.10 bits per heavy atom. The molecule has 0 aliphatic heterocycles. The molecule has 0 radical (unpaired) electrons. The summed E-state index contributed by atoms with van der Waals surface area (Å²) in [5.74, 6) is 2.22. The van der Waals surface area contributed by atoms with Crippen molar-refractivity contribution in [3.05, 3.63) is 11.7 Å². The first kappa shape index (κ1) is 15.4. The molecule has 0 aromatic carbocycles. The van der Waals surface area contributed by atoms with Crippen LogP contribution in [0.2, 0.25) is 0 Å². The van der Waals surface area contributed by atoms with E-state index in [0.717, 1.165) is 44.1 Å². The van der Waals surface area contributed by atoms with E-state index < -0.39 is 0 Å². The molecular weight excluding hydrogens is 254 g/mol. The quantitative estimate of drug-likeness (QED) is 0.779. The molecule has 1 N–H and O–H groups in total. The number of rotatable bonds is 7. The first-order valence-electron chi connectivity index (χ1n) is 7.88. The van der Waals surface area contributed by atoms with E-state index in [1.54, 1.807) is 0 Å². The zero-order valence-electron chi connectivity index (χ0n) is 12.9. The van der Waals surface area contributed by atoms with E-state index in [2.05, 4.69) is 29.3 Å². The van der Waals surface area contributed by atoms with Crippen LogP contribution in [0.4, 0.5) is 0 Å². The summed E-state index contributed by atoms with van der Waals surface area (Å²) in [6.45, 7) is 8.95. The summed E-state index contributed by atoms with van der Waals surface area (Å²) >= 11 is 0. The van der Waals surface area contributed by atoms with Crippen LogP contribution in [-0.4, -0.2) is 29.8 Å². The standard InChI is InChI=1S/C15H27N3O2/c1-4-16-11-8-13-17-14(18-20-13)15(19-5-2)9-6-12(3)7-10-15/h12,16H,4-11H2,1-3H3. The Bertz CT molecular complexity index is 398. The maximum atomic E-state index is 6.04. The van der Waals surface area contributed by atoms with Crippen molar-refractivity contribution in [1.82, 2.24) is 15.5 Å². The van der Waals surface area contributed by atoms with E-state index in [-0.39, 0.29) is 5.60 Å². The molecule has 0 saturated heterocycles. The largest absolute Gasteiger partial charge is 0.367 e. The van der Waals surface area contributed by atoms with Gasteiger partial charge in [-0.1, -0.05) is 19.0 Å². The highest BCUT2D eigenvalue weighted by Gasteiger charge is 2.40. The predicted molar refractivity (Wildman–Crippen MR) is 77.5 cm³/mol. The van der Waals surface area contributed by atoms with Crippen LogP contribution in [0, 0.1) is 5.92 Å². The minimum atomic E-state index is -0.318. The Kier molecular flexibility index (Phi) is 5.54. The summed E-state index contributed by atoms with van der Waals surface area (Å²) in [4.78, 5) is 4.58. The first-order valence-corrected chi connectivity index (χ1v) is 7.88. The van der Waals surface area contributed by atoms with Gasteiger partial charge in [-0.3, -0.25) is 0 Å². The van der Waals surface area contributed by atoms with Crippen molar-refractivity contribution in [2.45, 2.75) is 58.5 Å². The summed E-state index contributed by atoms with van der Waals surface area (Å²) in [7, 11) is 0. The number of hydrogen-bond donors (Lipinski definition) is 1. The number of nitrogens with one attached hydrogen (secondary N) is 1. The Labute approximate surface area is 121 Å². The maximum Gasteiger partial charge on any atom is 0.228 e. The van der Waals surface area contributed by atoms with Crippen molar-refractivity contribution in [1.29, 1.82) is 0 Å². The van der Waals surface area contributed by atoms with Crippen LogP contribution in [0.15, 0.2) is 4.52 Å². The maximum absolute atomic E-state index is 6.04. The lowest BCUT2D eigenvalue weighted by Crippen LogP contribution is -2.35. The second-order valence-corrected chi connectivity index (χ2v) is 5.73. The zero-order valence-corrected chi connectivity index (χ0v) is 12.9. The zero-order chi connectivity index (χ0) is 14.4. The van der Waals surface area contributed by atoms with E-state index in [9.17, 15) is 0 Å². The molecule has 0 atom stereocenters. The van der Waals surface area contributed by atoms with Gasteiger partial charge < -0.3 is 14.6 Å². The molecule has 1 aliphatic carbocycles. The van der Waals surface area contributed by atoms with Crippen LogP contribution < -0.4 is 5.32 Å². The van der Waals surface area contributed by atoms with Gasteiger partial charge in [-0.2, -0.15) is 4.98 Å². The third-order valence-corrected chi connectivity index (χ3v) is 4.14. The van der Waals surface area contributed by atoms with Crippen LogP contribution in [0.3, 0.4) is 0 Å². The lowest BCUT2D eigenvalue weighted by atomic mass is 9.79. The molecule has 0 bridgehead atoms. The van der Waals surface area contributed by atoms with Gasteiger partial charge in [0.05, 0.1) is 0 Å². The van der Waals surface area contributed by atoms with E-state index in [0.29, 0.717) is 12.5 Å². The second kappa shape index (κ2) is 7.18. The average molecular weight is 281 g/mol. The number of nitrogens with zero attached hydrogens (tertiary/aromatic N) is 2. The van der Waals surface area contributed by atoms with Crippen LogP contribution in [0.1, 0.15) is 58.2 Å². The summed E-state index contributed by atoms with van der Waals surface area (Å²) in [5, 5.41) is 7.46. The molecule has 5 nitrogen and oxygen atoms in total. The van der Waals surface area contributed by atoms with Crippen molar-refractivity contribution >= 4 is 0 Å². The Morgan fingerprint density at radius 3 is 2.75 bits per heavy atom. The number of likely N-dealkylation sites (N-methyl/N-ethyl adjacent to an activating group) is 1. The molecule has 0 spiro atoms. The van der Waals surface area contributed by atoms with Crippen LogP contribution >= 0.6 is 0 Å². The molecule has 1 heterocycles. The van der Waals surface area contributed by atoms with E-state index >= 15 is 0 Å². The normalized spacial score (nSPS) is 26.9. The molecule has 0 amide bonds. The fraction of sp³-hybridized carbons (Fsp3) is 0.867.